The van der Waals surface area contributed by atoms with Crippen LogP contribution in [0.3, 0.4) is 0 Å². The largest absolute Gasteiger partial charge is 0.392 e. The number of aliphatic hydroxyl groups excluding tert-OH is 1. The lowest BCUT2D eigenvalue weighted by molar-refractivity contribution is -0.559. The molecule has 0 saturated heterocycles. The fourth-order valence-electron chi connectivity index (χ4n) is 2.69. The van der Waals surface area contributed by atoms with Crippen molar-refractivity contribution in [2.75, 3.05) is 0 Å². The van der Waals surface area contributed by atoms with E-state index in [-0.39, 0.29) is 12.2 Å². The molecule has 0 aromatic rings. The van der Waals surface area contributed by atoms with Gasteiger partial charge in [-0.1, -0.05) is 0 Å². The molecule has 2 saturated carbocycles. The summed E-state index contributed by atoms with van der Waals surface area (Å²) >= 11 is 0. The average molecular weight is 199 g/mol. The first-order valence-electron chi connectivity index (χ1n) is 4.95. The zero-order valence-electron chi connectivity index (χ0n) is 7.81. The first kappa shape index (κ1) is 9.58. The second kappa shape index (κ2) is 3.02. The molecule has 1 N–H and O–H groups in total. The van der Waals surface area contributed by atoms with E-state index in [1.807, 2.05) is 0 Å². The Bertz CT molecular complexity index is 291. The molecule has 14 heavy (non-hydrogen) atoms. The van der Waals surface area contributed by atoms with Gasteiger partial charge in [-0.05, 0) is 19.3 Å². The molecule has 0 aromatic heterocycles. The third kappa shape index (κ3) is 1.08. The van der Waals surface area contributed by atoms with Crippen LogP contribution < -0.4 is 0 Å². The number of Topliss-reactive ketones (excluding diaryl/α,β-unsaturated/α-hetero) is 1. The zero-order chi connectivity index (χ0) is 10.3. The molecule has 0 unspecified atom stereocenters. The van der Waals surface area contributed by atoms with E-state index in [2.05, 4.69) is 0 Å². The van der Waals surface area contributed by atoms with Crippen LogP contribution in [0.1, 0.15) is 32.1 Å². The molecular formula is C9H13NO4. The van der Waals surface area contributed by atoms with Gasteiger partial charge in [-0.25, -0.2) is 0 Å². The van der Waals surface area contributed by atoms with E-state index < -0.39 is 22.5 Å². The van der Waals surface area contributed by atoms with E-state index >= 15 is 0 Å². The summed E-state index contributed by atoms with van der Waals surface area (Å²) in [7, 11) is 0. The van der Waals surface area contributed by atoms with Gasteiger partial charge < -0.3 is 5.11 Å². The standard InChI is InChI=1S/C9H13NO4/c11-7-3-5-9(10(13)14)4-1-2-6(7)8(9)12/h6-7,11H,1-5H2/t6-,7+,9-/m1/s1. The van der Waals surface area contributed by atoms with Crippen molar-refractivity contribution in [2.24, 2.45) is 5.92 Å². The van der Waals surface area contributed by atoms with Crippen LogP contribution in [-0.2, 0) is 4.79 Å². The number of aliphatic hydroxyl groups is 1. The maximum atomic E-state index is 11.8. The van der Waals surface area contributed by atoms with Crippen molar-refractivity contribution in [1.82, 2.24) is 0 Å². The average Bonchev–Trinajstić information content (AvgIpc) is 2.12. The predicted molar refractivity (Wildman–Crippen MR) is 47.3 cm³/mol. The molecule has 0 heterocycles. The van der Waals surface area contributed by atoms with Gasteiger partial charge in [0.2, 0.25) is 5.78 Å². The van der Waals surface area contributed by atoms with Crippen molar-refractivity contribution in [1.29, 1.82) is 0 Å². The van der Waals surface area contributed by atoms with Crippen molar-refractivity contribution in [3.05, 3.63) is 10.1 Å². The van der Waals surface area contributed by atoms with E-state index in [1.54, 1.807) is 0 Å². The number of rotatable bonds is 1. The van der Waals surface area contributed by atoms with Crippen molar-refractivity contribution in [2.45, 2.75) is 43.7 Å². The second-order valence-corrected chi connectivity index (χ2v) is 4.26. The lowest BCUT2D eigenvalue weighted by Gasteiger charge is -2.39. The molecule has 0 aromatic carbocycles. The van der Waals surface area contributed by atoms with Crippen LogP contribution in [0.15, 0.2) is 0 Å². The van der Waals surface area contributed by atoms with Gasteiger partial charge in [0.25, 0.3) is 5.54 Å². The van der Waals surface area contributed by atoms with Gasteiger partial charge in [0.1, 0.15) is 0 Å². The fourth-order valence-corrected chi connectivity index (χ4v) is 2.69. The molecule has 78 valence electrons. The van der Waals surface area contributed by atoms with Gasteiger partial charge in [0.05, 0.1) is 12.0 Å². The van der Waals surface area contributed by atoms with E-state index in [9.17, 15) is 20.0 Å². The highest BCUT2D eigenvalue weighted by atomic mass is 16.6. The smallest absolute Gasteiger partial charge is 0.279 e. The molecule has 0 radical (unpaired) electrons. The lowest BCUT2D eigenvalue weighted by atomic mass is 9.65. The number of carbonyl (C=O) groups excluding carboxylic acids is 1. The molecule has 5 heteroatoms. The van der Waals surface area contributed by atoms with Crippen LogP contribution >= 0.6 is 0 Å². The summed E-state index contributed by atoms with van der Waals surface area (Å²) in [4.78, 5) is 22.2. The number of carbonyl (C=O) groups is 1. The molecule has 2 aliphatic rings. The van der Waals surface area contributed by atoms with Gasteiger partial charge >= 0.3 is 0 Å². The number of fused-ring (bicyclic) bond motifs is 2. The molecule has 2 aliphatic carbocycles. The van der Waals surface area contributed by atoms with Crippen LogP contribution in [0.4, 0.5) is 0 Å². The first-order chi connectivity index (χ1) is 6.58. The van der Waals surface area contributed by atoms with Gasteiger partial charge in [-0.2, -0.15) is 0 Å². The molecule has 5 nitrogen and oxygen atoms in total. The van der Waals surface area contributed by atoms with E-state index in [1.165, 1.54) is 0 Å². The molecule has 0 spiro atoms. The normalized spacial score (nSPS) is 42.2. The summed E-state index contributed by atoms with van der Waals surface area (Å²) in [5, 5.41) is 20.5. The Morgan fingerprint density at radius 3 is 2.79 bits per heavy atom. The SMILES string of the molecule is O=C1[C@@H]2CCC[C@@]1([N+](=O)[O-])CC[C@@H]2O. The first-order valence-corrected chi connectivity index (χ1v) is 4.95. The minimum Gasteiger partial charge on any atom is -0.392 e. The van der Waals surface area contributed by atoms with Crippen LogP contribution in [-0.4, -0.2) is 27.5 Å². The van der Waals surface area contributed by atoms with Crippen LogP contribution in [0.5, 0.6) is 0 Å². The van der Waals surface area contributed by atoms with Crippen molar-refractivity contribution in [3.63, 3.8) is 0 Å². The molecule has 0 amide bonds. The molecule has 3 atom stereocenters. The number of nitro groups is 1. The minimum atomic E-state index is -1.36. The monoisotopic (exact) mass is 199 g/mol. The zero-order valence-corrected chi connectivity index (χ0v) is 7.81. The minimum absolute atomic E-state index is 0.205. The fraction of sp³-hybridized carbons (Fsp3) is 0.889. The molecular weight excluding hydrogens is 186 g/mol. The molecule has 2 fully saturated rings. The highest BCUT2D eigenvalue weighted by Gasteiger charge is 2.59. The topological polar surface area (TPSA) is 80.4 Å². The summed E-state index contributed by atoms with van der Waals surface area (Å²) in [6, 6.07) is 0. The van der Waals surface area contributed by atoms with E-state index in [0.29, 0.717) is 25.7 Å². The van der Waals surface area contributed by atoms with Gasteiger partial charge in [0, 0.05) is 17.8 Å². The Hall–Kier alpha value is -0.970. The van der Waals surface area contributed by atoms with Crippen molar-refractivity contribution in [3.8, 4) is 0 Å². The van der Waals surface area contributed by atoms with Gasteiger partial charge in [-0.15, -0.1) is 0 Å². The van der Waals surface area contributed by atoms with Gasteiger partial charge in [0.15, 0.2) is 0 Å². The van der Waals surface area contributed by atoms with E-state index in [0.717, 1.165) is 0 Å². The number of ketones is 1. The second-order valence-electron chi connectivity index (χ2n) is 4.26. The predicted octanol–water partition coefficient (Wildman–Crippen LogP) is 0.526. The third-order valence-electron chi connectivity index (χ3n) is 3.57. The summed E-state index contributed by atoms with van der Waals surface area (Å²) in [6.07, 6.45) is 1.57. The summed E-state index contributed by atoms with van der Waals surface area (Å²) in [5.41, 5.74) is -1.36. The maximum Gasteiger partial charge on any atom is 0.279 e. The Morgan fingerprint density at radius 2 is 2.14 bits per heavy atom. The molecule has 2 rings (SSSR count). The Labute approximate surface area is 81.3 Å². The molecule has 0 aliphatic heterocycles. The highest BCUT2D eigenvalue weighted by Crippen LogP contribution is 2.41. The lowest BCUT2D eigenvalue weighted by Crippen LogP contribution is -2.58. The molecule has 2 bridgehead atoms. The quantitative estimate of drug-likeness (QED) is 0.493. The highest BCUT2D eigenvalue weighted by molar-refractivity contribution is 5.91. The number of hydrogen-bond donors (Lipinski definition) is 1. The summed E-state index contributed by atoms with van der Waals surface area (Å²) < 4.78 is 0. The number of hydrogen-bond acceptors (Lipinski definition) is 4. The van der Waals surface area contributed by atoms with Crippen LogP contribution in [0.25, 0.3) is 0 Å². The van der Waals surface area contributed by atoms with E-state index in [4.69, 9.17) is 0 Å². The number of nitrogens with zero attached hydrogens (tertiary/aromatic N) is 1. The summed E-state index contributed by atoms with van der Waals surface area (Å²) in [6.45, 7) is 0. The Balaban J connectivity index is 2.34. The summed E-state index contributed by atoms with van der Waals surface area (Å²) in [5.74, 6) is -0.824. The van der Waals surface area contributed by atoms with Gasteiger partial charge in [-0.3, -0.25) is 14.9 Å². The van der Waals surface area contributed by atoms with Crippen molar-refractivity contribution >= 4 is 5.78 Å². The maximum absolute atomic E-state index is 11.8. The Morgan fingerprint density at radius 1 is 1.43 bits per heavy atom. The third-order valence-corrected chi connectivity index (χ3v) is 3.57. The van der Waals surface area contributed by atoms with Crippen LogP contribution in [0, 0.1) is 16.0 Å². The van der Waals surface area contributed by atoms with Crippen molar-refractivity contribution < 1.29 is 14.8 Å². The Kier molecular flexibility index (Phi) is 2.06. The van der Waals surface area contributed by atoms with Crippen LogP contribution in [0.2, 0.25) is 0 Å².